The first-order valence-corrected chi connectivity index (χ1v) is 7.85. The van der Waals surface area contributed by atoms with Crippen LogP contribution in [0.4, 0.5) is 0 Å². The molecule has 1 N–H and O–H groups in total. The SMILES string of the molecule is COCCS(=O)(=O)NCCc1ccc(OC)c(OC)c1. The van der Waals surface area contributed by atoms with Crippen molar-refractivity contribution in [2.24, 2.45) is 0 Å². The van der Waals surface area contributed by atoms with Gasteiger partial charge in [0, 0.05) is 13.7 Å². The maximum atomic E-state index is 11.6. The fourth-order valence-electron chi connectivity index (χ4n) is 1.65. The fourth-order valence-corrected chi connectivity index (χ4v) is 2.60. The van der Waals surface area contributed by atoms with Gasteiger partial charge in [0.1, 0.15) is 0 Å². The molecule has 6 nitrogen and oxygen atoms in total. The van der Waals surface area contributed by atoms with E-state index >= 15 is 0 Å². The van der Waals surface area contributed by atoms with Crippen molar-refractivity contribution in [2.45, 2.75) is 6.42 Å². The molecule has 0 radical (unpaired) electrons. The van der Waals surface area contributed by atoms with Gasteiger partial charge in [-0.1, -0.05) is 6.07 Å². The lowest BCUT2D eigenvalue weighted by molar-refractivity contribution is 0.217. The molecule has 0 unspecified atom stereocenters. The van der Waals surface area contributed by atoms with Gasteiger partial charge in [-0.25, -0.2) is 13.1 Å². The average molecular weight is 303 g/mol. The maximum Gasteiger partial charge on any atom is 0.213 e. The molecule has 0 saturated heterocycles. The quantitative estimate of drug-likeness (QED) is 0.731. The summed E-state index contributed by atoms with van der Waals surface area (Å²) in [6.45, 7) is 0.521. The molecule has 7 heteroatoms. The monoisotopic (exact) mass is 303 g/mol. The molecule has 1 rings (SSSR count). The van der Waals surface area contributed by atoms with E-state index in [9.17, 15) is 8.42 Å². The van der Waals surface area contributed by atoms with Crippen molar-refractivity contribution in [3.8, 4) is 11.5 Å². The molecular weight excluding hydrogens is 282 g/mol. The first-order chi connectivity index (χ1) is 9.52. The van der Waals surface area contributed by atoms with E-state index in [-0.39, 0.29) is 12.4 Å². The van der Waals surface area contributed by atoms with Gasteiger partial charge < -0.3 is 14.2 Å². The third-order valence-corrected chi connectivity index (χ3v) is 4.09. The van der Waals surface area contributed by atoms with E-state index in [1.54, 1.807) is 20.3 Å². The van der Waals surface area contributed by atoms with E-state index in [2.05, 4.69) is 4.72 Å². The Balaban J connectivity index is 2.54. The Labute approximate surface area is 120 Å². The van der Waals surface area contributed by atoms with Crippen LogP contribution in [0.3, 0.4) is 0 Å². The standard InChI is InChI=1S/C13H21NO5S/c1-17-8-9-20(15,16)14-7-6-11-4-5-12(18-2)13(10-11)19-3/h4-5,10,14H,6-9H2,1-3H3. The van der Waals surface area contributed by atoms with Crippen LogP contribution in [0.15, 0.2) is 18.2 Å². The first-order valence-electron chi connectivity index (χ1n) is 6.19. The number of benzene rings is 1. The van der Waals surface area contributed by atoms with Gasteiger partial charge in [-0.15, -0.1) is 0 Å². The zero-order chi connectivity index (χ0) is 15.0. The van der Waals surface area contributed by atoms with E-state index in [0.29, 0.717) is 24.5 Å². The predicted molar refractivity (Wildman–Crippen MR) is 76.9 cm³/mol. The summed E-state index contributed by atoms with van der Waals surface area (Å²) >= 11 is 0. The zero-order valence-electron chi connectivity index (χ0n) is 12.0. The number of nitrogens with one attached hydrogen (secondary N) is 1. The lowest BCUT2D eigenvalue weighted by Crippen LogP contribution is -2.29. The molecule has 0 atom stereocenters. The van der Waals surface area contributed by atoms with Crippen LogP contribution in [0.5, 0.6) is 11.5 Å². The van der Waals surface area contributed by atoms with Crippen LogP contribution in [-0.2, 0) is 21.2 Å². The Kier molecular flexibility index (Phi) is 6.77. The molecule has 1 aromatic carbocycles. The van der Waals surface area contributed by atoms with Crippen molar-refractivity contribution in [2.75, 3.05) is 40.2 Å². The summed E-state index contributed by atoms with van der Waals surface area (Å²) in [6, 6.07) is 5.51. The summed E-state index contributed by atoms with van der Waals surface area (Å²) in [6.07, 6.45) is 0.576. The smallest absolute Gasteiger partial charge is 0.213 e. The molecule has 0 bridgehead atoms. The van der Waals surface area contributed by atoms with Gasteiger partial charge in [0.15, 0.2) is 11.5 Å². The van der Waals surface area contributed by atoms with Crippen LogP contribution in [-0.4, -0.2) is 48.7 Å². The minimum absolute atomic E-state index is 0.0323. The molecule has 0 spiro atoms. The molecule has 0 aliphatic heterocycles. The molecule has 0 saturated carbocycles. The van der Waals surface area contributed by atoms with Gasteiger partial charge in [-0.3, -0.25) is 0 Å². The third kappa shape index (κ3) is 5.36. The van der Waals surface area contributed by atoms with Gasteiger partial charge in [0.05, 0.1) is 26.6 Å². The Morgan fingerprint density at radius 1 is 1.10 bits per heavy atom. The molecule has 20 heavy (non-hydrogen) atoms. The van der Waals surface area contributed by atoms with Gasteiger partial charge in [0.2, 0.25) is 10.0 Å². The zero-order valence-corrected chi connectivity index (χ0v) is 12.8. The van der Waals surface area contributed by atoms with Gasteiger partial charge >= 0.3 is 0 Å². The van der Waals surface area contributed by atoms with Crippen molar-refractivity contribution in [3.05, 3.63) is 23.8 Å². The summed E-state index contributed by atoms with van der Waals surface area (Å²) in [5.74, 6) is 1.25. The summed E-state index contributed by atoms with van der Waals surface area (Å²) in [7, 11) is 1.33. The first kappa shape index (κ1) is 16.7. The number of rotatable bonds is 9. The van der Waals surface area contributed by atoms with Crippen LogP contribution in [0, 0.1) is 0 Å². The number of sulfonamides is 1. The Morgan fingerprint density at radius 2 is 1.80 bits per heavy atom. The molecule has 0 amide bonds. The van der Waals surface area contributed by atoms with E-state index < -0.39 is 10.0 Å². The molecule has 0 aliphatic rings. The van der Waals surface area contributed by atoms with Gasteiger partial charge in [0.25, 0.3) is 0 Å². The molecule has 0 aliphatic carbocycles. The number of ether oxygens (including phenoxy) is 3. The molecule has 0 heterocycles. The highest BCUT2D eigenvalue weighted by Crippen LogP contribution is 2.27. The molecule has 0 aromatic heterocycles. The van der Waals surface area contributed by atoms with Gasteiger partial charge in [-0.05, 0) is 24.1 Å². The highest BCUT2D eigenvalue weighted by molar-refractivity contribution is 7.89. The Bertz CT molecular complexity index is 515. The normalized spacial score (nSPS) is 11.3. The second-order valence-electron chi connectivity index (χ2n) is 4.15. The summed E-state index contributed by atoms with van der Waals surface area (Å²) in [5.41, 5.74) is 0.970. The topological polar surface area (TPSA) is 73.9 Å². The van der Waals surface area contributed by atoms with E-state index in [4.69, 9.17) is 14.2 Å². The van der Waals surface area contributed by atoms with Crippen LogP contribution in [0.1, 0.15) is 5.56 Å². The second-order valence-corrected chi connectivity index (χ2v) is 6.07. The molecular formula is C13H21NO5S. The summed E-state index contributed by atoms with van der Waals surface area (Å²) in [5, 5.41) is 0. The molecule has 1 aromatic rings. The van der Waals surface area contributed by atoms with Crippen LogP contribution >= 0.6 is 0 Å². The number of methoxy groups -OCH3 is 3. The Morgan fingerprint density at radius 3 is 2.40 bits per heavy atom. The van der Waals surface area contributed by atoms with Crippen molar-refractivity contribution in [1.82, 2.24) is 4.72 Å². The van der Waals surface area contributed by atoms with Crippen molar-refractivity contribution in [1.29, 1.82) is 0 Å². The van der Waals surface area contributed by atoms with Crippen molar-refractivity contribution >= 4 is 10.0 Å². The van der Waals surface area contributed by atoms with E-state index in [1.165, 1.54) is 7.11 Å². The third-order valence-electron chi connectivity index (χ3n) is 2.74. The minimum atomic E-state index is -3.27. The summed E-state index contributed by atoms with van der Waals surface area (Å²) in [4.78, 5) is 0. The van der Waals surface area contributed by atoms with Gasteiger partial charge in [-0.2, -0.15) is 0 Å². The predicted octanol–water partition coefficient (Wildman–Crippen LogP) is 0.812. The average Bonchev–Trinajstić information content (AvgIpc) is 2.44. The molecule has 114 valence electrons. The fraction of sp³-hybridized carbons (Fsp3) is 0.538. The number of hydrogen-bond donors (Lipinski definition) is 1. The largest absolute Gasteiger partial charge is 0.493 e. The second kappa shape index (κ2) is 8.08. The van der Waals surface area contributed by atoms with E-state index in [1.807, 2.05) is 12.1 Å². The minimum Gasteiger partial charge on any atom is -0.493 e. The highest BCUT2D eigenvalue weighted by Gasteiger charge is 2.09. The molecule has 0 fully saturated rings. The van der Waals surface area contributed by atoms with Crippen LogP contribution < -0.4 is 14.2 Å². The highest BCUT2D eigenvalue weighted by atomic mass is 32.2. The van der Waals surface area contributed by atoms with Crippen LogP contribution in [0.25, 0.3) is 0 Å². The summed E-state index contributed by atoms with van der Waals surface area (Å²) < 4.78 is 40.8. The lowest BCUT2D eigenvalue weighted by Gasteiger charge is -2.10. The van der Waals surface area contributed by atoms with E-state index in [0.717, 1.165) is 5.56 Å². The van der Waals surface area contributed by atoms with Crippen LogP contribution in [0.2, 0.25) is 0 Å². The van der Waals surface area contributed by atoms with Crippen molar-refractivity contribution < 1.29 is 22.6 Å². The lowest BCUT2D eigenvalue weighted by atomic mass is 10.1. The maximum absolute atomic E-state index is 11.6. The van der Waals surface area contributed by atoms with Crippen molar-refractivity contribution in [3.63, 3.8) is 0 Å². The number of hydrogen-bond acceptors (Lipinski definition) is 5. The Hall–Kier alpha value is -1.31.